The second-order valence-corrected chi connectivity index (χ2v) is 34.6. The van der Waals surface area contributed by atoms with Crippen molar-refractivity contribution in [2.75, 3.05) is 0 Å². The molecule has 10 aromatic rings. The van der Waals surface area contributed by atoms with Gasteiger partial charge < -0.3 is 0 Å². The number of aromatic nitrogens is 5. The minimum atomic E-state index is 0.199. The first kappa shape index (κ1) is 87.8. The van der Waals surface area contributed by atoms with Gasteiger partial charge in [-0.2, -0.15) is 0 Å². The van der Waals surface area contributed by atoms with Gasteiger partial charge in [0.2, 0.25) is 28.5 Å². The third kappa shape index (κ3) is 25.5. The van der Waals surface area contributed by atoms with Crippen LogP contribution in [0.25, 0.3) is 56.3 Å². The second kappa shape index (κ2) is 40.9. The molecule has 10 rings (SSSR count). The molecule has 5 aromatic carbocycles. The Kier molecular flexibility index (Phi) is 33.5. The summed E-state index contributed by atoms with van der Waals surface area (Å²) in [7, 11) is 10.7. The van der Waals surface area contributed by atoms with Crippen LogP contribution < -0.4 is 22.8 Å². The molecule has 0 aliphatic carbocycles. The van der Waals surface area contributed by atoms with Crippen molar-refractivity contribution in [1.29, 1.82) is 0 Å². The highest BCUT2D eigenvalue weighted by Gasteiger charge is 2.23. The summed E-state index contributed by atoms with van der Waals surface area (Å²) in [6, 6.07) is 57.4. The van der Waals surface area contributed by atoms with Crippen LogP contribution in [0.2, 0.25) is 0 Å². The fourth-order valence-electron chi connectivity index (χ4n) is 14.8. The van der Waals surface area contributed by atoms with E-state index in [-0.39, 0.29) is 5.41 Å². The lowest BCUT2D eigenvalue weighted by atomic mass is 9.85. The van der Waals surface area contributed by atoms with Crippen molar-refractivity contribution in [2.24, 2.45) is 58.9 Å². The standard InChI is InChI=1S/3C21H30N.C20H28N.C19H26N/c1-15(2)12-17-10-11-22(7)20(14-17)19-9-8-18(13-16(19)3)21(4,5)6;1-15(2)11-18-7-8-20(17(5)13-18)21-14-19(12-16(3)4)9-10-22(21)6;1-7-17(8-2)19-11-12-22(6)21(14-19)20-13-18(15(3)4)10-9-16(20)5;1-14(2)11-17-9-10-21(6)20(13-17)19-8-7-18(15(3)4)12-16(19)5;1-6-16(7-2)17-10-11-20(5)19(13-17)18-12-14(3)8-9-15(18)4/h8-11,13-15H,12H2,1-7H3;7-10,13-16H,11-12H2,1-6H3;9-15,17H,7-8H2,1-6H3;7-10,12-15H,11H2,1-6H3;8-13,16H,6-7H2,1-5H3/q5*+1. The molecule has 0 fully saturated rings. The lowest BCUT2D eigenvalue weighted by Crippen LogP contribution is -2.31. The van der Waals surface area contributed by atoms with E-state index in [0.29, 0.717) is 47.3 Å². The van der Waals surface area contributed by atoms with E-state index in [4.69, 9.17) is 0 Å². The number of hydrogen-bond acceptors (Lipinski definition) is 0. The van der Waals surface area contributed by atoms with Crippen LogP contribution in [0.5, 0.6) is 0 Å². The van der Waals surface area contributed by atoms with Gasteiger partial charge in [-0.25, -0.2) is 22.8 Å². The van der Waals surface area contributed by atoms with Crippen molar-refractivity contribution >= 4 is 0 Å². The summed E-state index contributed by atoms with van der Waals surface area (Å²) in [6.45, 7) is 56.4. The number of nitrogens with zero attached hydrogens (tertiary/aromatic N) is 5. The topological polar surface area (TPSA) is 19.4 Å². The Hall–Kier alpha value is -8.15. The minimum Gasteiger partial charge on any atom is -0.201 e. The quantitative estimate of drug-likeness (QED) is 0.0639. The number of benzene rings is 5. The summed E-state index contributed by atoms with van der Waals surface area (Å²) < 4.78 is 11.2. The van der Waals surface area contributed by atoms with Gasteiger partial charge in [0.05, 0.1) is 0 Å². The molecular formula is C102H144N5+5. The van der Waals surface area contributed by atoms with E-state index >= 15 is 0 Å². The van der Waals surface area contributed by atoms with Crippen LogP contribution in [0.3, 0.4) is 0 Å². The first-order chi connectivity index (χ1) is 50.5. The van der Waals surface area contributed by atoms with Gasteiger partial charge >= 0.3 is 0 Å². The molecule has 0 aliphatic heterocycles. The van der Waals surface area contributed by atoms with E-state index in [0.717, 1.165) is 25.7 Å². The Morgan fingerprint density at radius 2 is 0.579 bits per heavy atom. The van der Waals surface area contributed by atoms with E-state index in [2.05, 4.69) is 414 Å². The molecule has 0 radical (unpaired) electrons. The molecule has 0 spiro atoms. The Balaban J connectivity index is 0.000000209. The molecule has 572 valence electrons. The third-order valence-electron chi connectivity index (χ3n) is 21.5. The van der Waals surface area contributed by atoms with Crippen LogP contribution in [0.1, 0.15) is 264 Å². The zero-order chi connectivity index (χ0) is 79.3. The van der Waals surface area contributed by atoms with Gasteiger partial charge in [-0.15, -0.1) is 0 Å². The summed E-state index contributed by atoms with van der Waals surface area (Å²) in [5.41, 5.74) is 34.4. The first-order valence-electron chi connectivity index (χ1n) is 40.9. The van der Waals surface area contributed by atoms with Crippen LogP contribution in [-0.4, -0.2) is 0 Å². The highest BCUT2D eigenvalue weighted by Crippen LogP contribution is 2.34. The van der Waals surface area contributed by atoms with Gasteiger partial charge in [0.1, 0.15) is 35.2 Å². The molecule has 5 nitrogen and oxygen atoms in total. The van der Waals surface area contributed by atoms with E-state index in [9.17, 15) is 0 Å². The monoisotopic (exact) mass is 1440 g/mol. The highest BCUT2D eigenvalue weighted by molar-refractivity contribution is 5.66. The molecule has 0 saturated heterocycles. The second-order valence-electron chi connectivity index (χ2n) is 34.6. The van der Waals surface area contributed by atoms with E-state index < -0.39 is 0 Å². The average Bonchev–Trinajstić information content (AvgIpc) is 0.827. The molecule has 0 aliphatic rings. The third-order valence-corrected chi connectivity index (χ3v) is 21.5. The largest absolute Gasteiger partial charge is 0.212 e. The number of rotatable bonds is 21. The SMILES string of the molecule is CCC(CC)c1cc[n+](C)c(-c2cc(C(C)C)ccc2C)c1.CCC(CC)c1cc[n+](C)c(-c2cc(C)ccc2C)c1.Cc1cc(C(C)(C)C)ccc1-c1cc(CC(C)C)cc[n+]1C.Cc1cc(C(C)C)ccc1-c1cc(CC(C)C)cc[n+]1C.Cc1cc(CC(C)C)ccc1-c1cc(CC(C)C)cc[n+]1C. The first-order valence-corrected chi connectivity index (χ1v) is 40.9. The fourth-order valence-corrected chi connectivity index (χ4v) is 14.8. The maximum atomic E-state index is 2.39. The van der Waals surface area contributed by atoms with E-state index in [1.54, 1.807) is 0 Å². The van der Waals surface area contributed by atoms with Crippen molar-refractivity contribution < 1.29 is 22.8 Å². The van der Waals surface area contributed by atoms with Gasteiger partial charge in [0, 0.05) is 88.5 Å². The minimum absolute atomic E-state index is 0.199. The summed E-state index contributed by atoms with van der Waals surface area (Å²) >= 11 is 0. The summed E-state index contributed by atoms with van der Waals surface area (Å²) in [4.78, 5) is 0. The Bertz CT molecular complexity index is 4480. The average molecular weight is 1440 g/mol. The maximum absolute atomic E-state index is 2.39. The number of pyridine rings is 5. The van der Waals surface area contributed by atoms with Crippen LogP contribution in [0, 0.1) is 65.2 Å². The lowest BCUT2D eigenvalue weighted by Gasteiger charge is -2.20. The van der Waals surface area contributed by atoms with Gasteiger partial charge in [0.15, 0.2) is 31.0 Å². The predicted molar refractivity (Wildman–Crippen MR) is 461 cm³/mol. The van der Waals surface area contributed by atoms with Crippen molar-refractivity contribution in [3.8, 4) is 56.3 Å². The molecule has 5 aromatic heterocycles. The molecule has 0 atom stereocenters. The van der Waals surface area contributed by atoms with E-state index in [1.165, 1.54) is 165 Å². The molecule has 0 saturated carbocycles. The van der Waals surface area contributed by atoms with Crippen LogP contribution in [-0.2, 0) is 66.3 Å². The normalized spacial score (nSPS) is 11.5. The zero-order valence-corrected chi connectivity index (χ0v) is 72.8. The van der Waals surface area contributed by atoms with Gasteiger partial charge in [-0.1, -0.05) is 198 Å². The number of aryl methyl sites for hydroxylation is 11. The summed E-state index contributed by atoms with van der Waals surface area (Å²) in [6.07, 6.45) is 20.3. The van der Waals surface area contributed by atoms with Gasteiger partial charge in [0.25, 0.3) is 0 Å². The lowest BCUT2D eigenvalue weighted by molar-refractivity contribution is -0.660. The molecule has 107 heavy (non-hydrogen) atoms. The fraction of sp³-hybridized carbons (Fsp3) is 0.461. The van der Waals surface area contributed by atoms with Crippen LogP contribution in [0.15, 0.2) is 183 Å². The van der Waals surface area contributed by atoms with Gasteiger partial charge in [-0.3, -0.25) is 0 Å². The van der Waals surface area contributed by atoms with Gasteiger partial charge in [-0.05, 0) is 254 Å². The maximum Gasteiger partial charge on any atom is 0.212 e. The molecule has 0 amide bonds. The summed E-state index contributed by atoms with van der Waals surface area (Å²) in [5.74, 6) is 5.24. The smallest absolute Gasteiger partial charge is 0.201 e. The Labute approximate surface area is 653 Å². The molecular weight excluding hydrogens is 1300 g/mol. The van der Waals surface area contributed by atoms with E-state index in [1.807, 2.05) is 0 Å². The van der Waals surface area contributed by atoms with Crippen molar-refractivity contribution in [3.05, 3.63) is 266 Å². The molecule has 0 bridgehead atoms. The van der Waals surface area contributed by atoms with Crippen LogP contribution in [0.4, 0.5) is 0 Å². The van der Waals surface area contributed by atoms with Crippen molar-refractivity contribution in [1.82, 2.24) is 0 Å². The Morgan fingerprint density at radius 3 is 0.925 bits per heavy atom. The highest BCUT2D eigenvalue weighted by atomic mass is 14.9. The van der Waals surface area contributed by atoms with Crippen molar-refractivity contribution in [2.45, 2.75) is 254 Å². The Morgan fingerprint density at radius 1 is 0.271 bits per heavy atom. The number of hydrogen-bond donors (Lipinski definition) is 0. The van der Waals surface area contributed by atoms with Crippen molar-refractivity contribution in [3.63, 3.8) is 0 Å². The molecule has 5 heterocycles. The zero-order valence-electron chi connectivity index (χ0n) is 72.8. The van der Waals surface area contributed by atoms with Crippen LogP contribution >= 0.6 is 0 Å². The predicted octanol–water partition coefficient (Wildman–Crippen LogP) is 24.9. The molecule has 0 unspecified atom stereocenters. The molecule has 0 N–H and O–H groups in total. The molecule has 5 heteroatoms. The summed E-state index contributed by atoms with van der Waals surface area (Å²) in [5, 5.41) is 0.